The van der Waals surface area contributed by atoms with E-state index in [0.717, 1.165) is 58.5 Å². The number of rotatable bonds is 6. The molecule has 0 unspecified atom stereocenters. The number of nitrogens with zero attached hydrogens (tertiary/aromatic N) is 2. The van der Waals surface area contributed by atoms with Gasteiger partial charge in [-0.25, -0.2) is 0 Å². The molecule has 0 aromatic rings. The molecule has 3 fully saturated rings. The highest BCUT2D eigenvalue weighted by molar-refractivity contribution is 5.77. The predicted molar refractivity (Wildman–Crippen MR) is 94.0 cm³/mol. The second kappa shape index (κ2) is 9.16. The fraction of sp³-hybridized carbons (Fsp3) is 0.947. The van der Waals surface area contributed by atoms with Crippen molar-refractivity contribution >= 4 is 5.91 Å². The van der Waals surface area contributed by atoms with Crippen LogP contribution in [0, 0.1) is 5.92 Å². The Labute approximate surface area is 146 Å². The monoisotopic (exact) mass is 338 g/mol. The van der Waals surface area contributed by atoms with Crippen molar-refractivity contribution in [1.29, 1.82) is 0 Å². The van der Waals surface area contributed by atoms with Gasteiger partial charge in [0.15, 0.2) is 0 Å². The van der Waals surface area contributed by atoms with E-state index in [1.807, 2.05) is 11.9 Å². The molecule has 0 N–H and O–H groups in total. The van der Waals surface area contributed by atoms with Crippen molar-refractivity contribution in [1.82, 2.24) is 9.80 Å². The van der Waals surface area contributed by atoms with E-state index >= 15 is 0 Å². The minimum Gasteiger partial charge on any atom is -0.381 e. The number of piperidine rings is 1. The number of carbonyl (C=O) groups excluding carboxylic acids is 1. The van der Waals surface area contributed by atoms with Gasteiger partial charge in [0.05, 0.1) is 12.7 Å². The number of amides is 1. The molecule has 1 atom stereocenters. The summed E-state index contributed by atoms with van der Waals surface area (Å²) in [5, 5.41) is 0. The highest BCUT2D eigenvalue weighted by Gasteiger charge is 2.28. The molecule has 0 aromatic heterocycles. The molecular weight excluding hydrogens is 304 g/mol. The molecule has 0 aromatic carbocycles. The lowest BCUT2D eigenvalue weighted by atomic mass is 9.98. The Balaban J connectivity index is 1.34. The molecule has 0 bridgehead atoms. The van der Waals surface area contributed by atoms with Crippen LogP contribution >= 0.6 is 0 Å². The number of hydrogen-bond acceptors (Lipinski definition) is 4. The van der Waals surface area contributed by atoms with Gasteiger partial charge in [-0.1, -0.05) is 19.3 Å². The summed E-state index contributed by atoms with van der Waals surface area (Å²) in [5.41, 5.74) is 0. The maximum absolute atomic E-state index is 12.4. The Hall–Kier alpha value is -0.650. The van der Waals surface area contributed by atoms with Crippen LogP contribution in [0.5, 0.6) is 0 Å². The van der Waals surface area contributed by atoms with Gasteiger partial charge < -0.3 is 19.3 Å². The lowest BCUT2D eigenvalue weighted by molar-refractivity contribution is -0.140. The minimum atomic E-state index is 0.156. The van der Waals surface area contributed by atoms with Gasteiger partial charge in [0.2, 0.25) is 5.91 Å². The normalized spacial score (nSPS) is 27.5. The molecule has 138 valence electrons. The molecule has 0 spiro atoms. The van der Waals surface area contributed by atoms with Gasteiger partial charge in [0, 0.05) is 39.3 Å². The molecule has 0 radical (unpaired) electrons. The molecular formula is C19H34N2O3. The zero-order valence-electron chi connectivity index (χ0n) is 15.3. The fourth-order valence-electron chi connectivity index (χ4n) is 4.31. The van der Waals surface area contributed by atoms with Crippen molar-refractivity contribution in [3.05, 3.63) is 0 Å². The second-order valence-electron chi connectivity index (χ2n) is 7.84. The lowest BCUT2D eigenvalue weighted by Crippen LogP contribution is -2.47. The standard InChI is InChI=1S/C19H34N2O3/c1-20(19(22)15-24-18-5-3-2-4-6-18)17-7-10-21(11-8-17)13-16-9-12-23-14-16/h16-18H,2-15H2,1H3/t16-/m1/s1. The second-order valence-corrected chi connectivity index (χ2v) is 7.84. The number of likely N-dealkylation sites (tertiary alicyclic amines) is 1. The van der Waals surface area contributed by atoms with Crippen molar-refractivity contribution in [3.8, 4) is 0 Å². The van der Waals surface area contributed by atoms with Crippen molar-refractivity contribution in [2.75, 3.05) is 46.5 Å². The van der Waals surface area contributed by atoms with Crippen LogP contribution in [0.1, 0.15) is 51.4 Å². The van der Waals surface area contributed by atoms with Crippen LogP contribution in [0.2, 0.25) is 0 Å². The SMILES string of the molecule is CN(C(=O)COC1CCCCC1)C1CCN(C[C@H]2CCOC2)CC1. The zero-order valence-corrected chi connectivity index (χ0v) is 15.3. The van der Waals surface area contributed by atoms with Gasteiger partial charge in [0.1, 0.15) is 6.61 Å². The number of hydrogen-bond donors (Lipinski definition) is 0. The third-order valence-corrected chi connectivity index (χ3v) is 6.03. The Morgan fingerprint density at radius 3 is 2.54 bits per heavy atom. The van der Waals surface area contributed by atoms with Gasteiger partial charge in [-0.15, -0.1) is 0 Å². The molecule has 2 aliphatic heterocycles. The molecule has 1 amide bonds. The molecule has 2 saturated heterocycles. The van der Waals surface area contributed by atoms with Gasteiger partial charge >= 0.3 is 0 Å². The highest BCUT2D eigenvalue weighted by atomic mass is 16.5. The number of ether oxygens (including phenoxy) is 2. The van der Waals surface area contributed by atoms with Crippen LogP contribution in [-0.4, -0.2) is 74.4 Å². The van der Waals surface area contributed by atoms with E-state index < -0.39 is 0 Å². The molecule has 1 aliphatic carbocycles. The molecule has 24 heavy (non-hydrogen) atoms. The summed E-state index contributed by atoms with van der Waals surface area (Å²) in [6, 6.07) is 0.378. The van der Waals surface area contributed by atoms with Crippen molar-refractivity contribution in [3.63, 3.8) is 0 Å². The van der Waals surface area contributed by atoms with Crippen molar-refractivity contribution < 1.29 is 14.3 Å². The van der Waals surface area contributed by atoms with Gasteiger partial charge in [-0.2, -0.15) is 0 Å². The van der Waals surface area contributed by atoms with E-state index in [4.69, 9.17) is 9.47 Å². The first-order chi connectivity index (χ1) is 11.7. The van der Waals surface area contributed by atoms with Crippen LogP contribution in [0.4, 0.5) is 0 Å². The van der Waals surface area contributed by atoms with Crippen LogP contribution in [0.25, 0.3) is 0 Å². The predicted octanol–water partition coefficient (Wildman–Crippen LogP) is 2.29. The van der Waals surface area contributed by atoms with Gasteiger partial charge in [0.25, 0.3) is 0 Å². The molecule has 2 heterocycles. The van der Waals surface area contributed by atoms with Crippen molar-refractivity contribution in [2.24, 2.45) is 5.92 Å². The summed E-state index contributed by atoms with van der Waals surface area (Å²) in [6.45, 7) is 5.48. The summed E-state index contributed by atoms with van der Waals surface area (Å²) in [4.78, 5) is 16.9. The smallest absolute Gasteiger partial charge is 0.248 e. The third kappa shape index (κ3) is 5.17. The van der Waals surface area contributed by atoms with E-state index in [-0.39, 0.29) is 12.5 Å². The fourth-order valence-corrected chi connectivity index (χ4v) is 4.31. The average Bonchev–Trinajstić information content (AvgIpc) is 3.13. The largest absolute Gasteiger partial charge is 0.381 e. The van der Waals surface area contributed by atoms with Gasteiger partial charge in [-0.3, -0.25) is 4.79 Å². The molecule has 3 rings (SSSR count). The topological polar surface area (TPSA) is 42.0 Å². The van der Waals surface area contributed by atoms with E-state index in [9.17, 15) is 4.79 Å². The minimum absolute atomic E-state index is 0.156. The van der Waals surface area contributed by atoms with E-state index in [1.54, 1.807) is 0 Å². The lowest BCUT2D eigenvalue weighted by Gasteiger charge is -2.37. The summed E-state index contributed by atoms with van der Waals surface area (Å²) in [7, 11) is 1.96. The third-order valence-electron chi connectivity index (χ3n) is 6.03. The van der Waals surface area contributed by atoms with Crippen LogP contribution in [0.15, 0.2) is 0 Å². The Morgan fingerprint density at radius 1 is 1.12 bits per heavy atom. The molecule has 5 nitrogen and oxygen atoms in total. The summed E-state index contributed by atoms with van der Waals surface area (Å²) < 4.78 is 11.3. The first kappa shape index (κ1) is 18.2. The maximum Gasteiger partial charge on any atom is 0.248 e. The van der Waals surface area contributed by atoms with Crippen LogP contribution in [-0.2, 0) is 14.3 Å². The Bertz CT molecular complexity index is 384. The summed E-state index contributed by atoms with van der Waals surface area (Å²) >= 11 is 0. The average molecular weight is 338 g/mol. The Kier molecular flexibility index (Phi) is 6.93. The van der Waals surface area contributed by atoms with Gasteiger partial charge in [-0.05, 0) is 38.0 Å². The van der Waals surface area contributed by atoms with Crippen LogP contribution < -0.4 is 0 Å². The first-order valence-electron chi connectivity index (χ1n) is 9.89. The first-order valence-corrected chi connectivity index (χ1v) is 9.89. The number of carbonyl (C=O) groups is 1. The molecule has 1 saturated carbocycles. The van der Waals surface area contributed by atoms with Crippen LogP contribution in [0.3, 0.4) is 0 Å². The Morgan fingerprint density at radius 2 is 1.88 bits per heavy atom. The zero-order chi connectivity index (χ0) is 16.8. The molecule has 3 aliphatic rings. The van der Waals surface area contributed by atoms with E-state index in [2.05, 4.69) is 4.90 Å². The highest BCUT2D eigenvalue weighted by Crippen LogP contribution is 2.22. The maximum atomic E-state index is 12.4. The number of likely N-dealkylation sites (N-methyl/N-ethyl adjacent to an activating group) is 1. The van der Waals surface area contributed by atoms with E-state index in [0.29, 0.717) is 18.1 Å². The summed E-state index contributed by atoms with van der Waals surface area (Å²) in [6.07, 6.45) is 9.75. The van der Waals surface area contributed by atoms with Crippen molar-refractivity contribution in [2.45, 2.75) is 63.5 Å². The molecule has 5 heteroatoms. The van der Waals surface area contributed by atoms with E-state index in [1.165, 1.54) is 25.7 Å². The summed E-state index contributed by atoms with van der Waals surface area (Å²) in [5.74, 6) is 0.869. The quantitative estimate of drug-likeness (QED) is 0.745.